The van der Waals surface area contributed by atoms with Gasteiger partial charge in [-0.3, -0.25) is 0 Å². The predicted molar refractivity (Wildman–Crippen MR) is 111 cm³/mol. The highest BCUT2D eigenvalue weighted by atomic mass is 19.3. The van der Waals surface area contributed by atoms with Crippen molar-refractivity contribution in [3.05, 3.63) is 59.9 Å². The highest BCUT2D eigenvalue weighted by Crippen LogP contribution is 2.26. The summed E-state index contributed by atoms with van der Waals surface area (Å²) in [4.78, 5) is 8.70. The molecule has 0 saturated carbocycles. The number of halogens is 2. The number of alkyl halides is 2. The molecule has 0 aliphatic carbocycles. The van der Waals surface area contributed by atoms with Gasteiger partial charge in [0.05, 0.1) is 6.54 Å². The standard InChI is InChI=1S/C22H18F2N6O3/c1-14-26-20(28-30(14)13-15-4-3-5-18(12-15)31-11-10-25)21-27-19(29-33-21)16-6-8-17(9-7-16)32-22(2,23)24/h3-9,12H,11,13H2,1-2H3. The molecule has 2 aromatic heterocycles. The van der Waals surface area contributed by atoms with Crippen LogP contribution in [0.4, 0.5) is 8.78 Å². The molecular weight excluding hydrogens is 434 g/mol. The molecule has 0 spiro atoms. The maximum absolute atomic E-state index is 13.0. The van der Waals surface area contributed by atoms with Crippen molar-refractivity contribution in [2.75, 3.05) is 6.61 Å². The van der Waals surface area contributed by atoms with E-state index in [0.717, 1.165) is 5.56 Å². The largest absolute Gasteiger partial charge is 0.479 e. The van der Waals surface area contributed by atoms with E-state index in [1.807, 2.05) is 24.3 Å². The number of aromatic nitrogens is 5. The minimum atomic E-state index is -3.27. The third-order valence-electron chi connectivity index (χ3n) is 4.42. The lowest BCUT2D eigenvalue weighted by molar-refractivity contribution is -0.158. The van der Waals surface area contributed by atoms with Gasteiger partial charge < -0.3 is 14.0 Å². The van der Waals surface area contributed by atoms with Gasteiger partial charge in [-0.15, -0.1) is 5.10 Å². The van der Waals surface area contributed by atoms with Gasteiger partial charge in [0.1, 0.15) is 23.4 Å². The Bertz CT molecular complexity index is 1290. The number of ether oxygens (including phenoxy) is 2. The van der Waals surface area contributed by atoms with Gasteiger partial charge in [0.25, 0.3) is 5.89 Å². The second kappa shape index (κ2) is 9.04. The minimum absolute atomic E-state index is 0.0214. The van der Waals surface area contributed by atoms with E-state index in [9.17, 15) is 8.78 Å². The van der Waals surface area contributed by atoms with E-state index in [4.69, 9.17) is 14.5 Å². The Morgan fingerprint density at radius 2 is 1.88 bits per heavy atom. The Kier molecular flexibility index (Phi) is 5.99. The summed E-state index contributed by atoms with van der Waals surface area (Å²) in [6.07, 6.45) is -3.27. The lowest BCUT2D eigenvalue weighted by Gasteiger charge is -2.12. The van der Waals surface area contributed by atoms with E-state index < -0.39 is 6.11 Å². The lowest BCUT2D eigenvalue weighted by Crippen LogP contribution is -2.18. The van der Waals surface area contributed by atoms with Crippen LogP contribution in [0.3, 0.4) is 0 Å². The first-order chi connectivity index (χ1) is 15.8. The molecule has 0 aliphatic heterocycles. The molecule has 0 radical (unpaired) electrons. The molecule has 0 bridgehead atoms. The predicted octanol–water partition coefficient (Wildman–Crippen LogP) is 4.25. The highest BCUT2D eigenvalue weighted by molar-refractivity contribution is 5.57. The molecule has 0 saturated heterocycles. The van der Waals surface area contributed by atoms with Crippen LogP contribution >= 0.6 is 0 Å². The number of hydrogen-bond donors (Lipinski definition) is 0. The van der Waals surface area contributed by atoms with Crippen LogP contribution in [0.2, 0.25) is 0 Å². The average molecular weight is 452 g/mol. The number of hydrogen-bond acceptors (Lipinski definition) is 8. The third-order valence-corrected chi connectivity index (χ3v) is 4.42. The monoisotopic (exact) mass is 452 g/mol. The van der Waals surface area contributed by atoms with Crippen molar-refractivity contribution < 1.29 is 22.8 Å². The van der Waals surface area contributed by atoms with Crippen molar-refractivity contribution in [1.82, 2.24) is 24.9 Å². The van der Waals surface area contributed by atoms with Crippen molar-refractivity contribution in [3.63, 3.8) is 0 Å². The maximum Gasteiger partial charge on any atom is 0.394 e. The number of rotatable bonds is 8. The van der Waals surface area contributed by atoms with E-state index in [0.29, 0.717) is 30.6 Å². The van der Waals surface area contributed by atoms with E-state index in [1.165, 1.54) is 12.1 Å². The van der Waals surface area contributed by atoms with Crippen LogP contribution in [0.15, 0.2) is 53.1 Å². The van der Waals surface area contributed by atoms with Crippen LogP contribution in [-0.2, 0) is 6.54 Å². The first-order valence-electron chi connectivity index (χ1n) is 9.82. The van der Waals surface area contributed by atoms with E-state index >= 15 is 0 Å². The summed E-state index contributed by atoms with van der Waals surface area (Å²) in [7, 11) is 0. The highest BCUT2D eigenvalue weighted by Gasteiger charge is 2.23. The number of nitrogens with zero attached hydrogens (tertiary/aromatic N) is 6. The van der Waals surface area contributed by atoms with Crippen LogP contribution in [0.5, 0.6) is 11.5 Å². The van der Waals surface area contributed by atoms with Gasteiger partial charge in [0.2, 0.25) is 11.6 Å². The van der Waals surface area contributed by atoms with Crippen LogP contribution in [0, 0.1) is 18.3 Å². The summed E-state index contributed by atoms with van der Waals surface area (Å²) in [6, 6.07) is 15.2. The zero-order valence-electron chi connectivity index (χ0n) is 17.7. The van der Waals surface area contributed by atoms with Gasteiger partial charge in [-0.25, -0.2) is 9.67 Å². The van der Waals surface area contributed by atoms with Crippen LogP contribution in [0.25, 0.3) is 23.1 Å². The van der Waals surface area contributed by atoms with Gasteiger partial charge in [0, 0.05) is 12.5 Å². The quantitative estimate of drug-likeness (QED) is 0.390. The Morgan fingerprint density at radius 1 is 1.09 bits per heavy atom. The van der Waals surface area contributed by atoms with Crippen LogP contribution in [0.1, 0.15) is 18.3 Å². The first kappa shape index (κ1) is 21.9. The molecule has 2 heterocycles. The Labute approximate surface area is 187 Å². The summed E-state index contributed by atoms with van der Waals surface area (Å²) in [5.41, 5.74) is 1.47. The molecule has 0 unspecified atom stereocenters. The summed E-state index contributed by atoms with van der Waals surface area (Å²) in [5.74, 6) is 1.89. The molecule has 0 aliphatic rings. The third kappa shape index (κ3) is 5.48. The zero-order valence-corrected chi connectivity index (χ0v) is 17.7. The van der Waals surface area contributed by atoms with E-state index in [2.05, 4.69) is 25.0 Å². The fraction of sp³-hybridized carbons (Fsp3) is 0.227. The molecule has 2 aromatic carbocycles. The molecular formula is C22H18F2N6O3. The second-order valence-electron chi connectivity index (χ2n) is 7.09. The maximum atomic E-state index is 13.0. The van der Waals surface area contributed by atoms with Crippen molar-refractivity contribution in [2.45, 2.75) is 26.5 Å². The molecule has 0 atom stereocenters. The summed E-state index contributed by atoms with van der Waals surface area (Å²) in [5, 5.41) is 17.0. The fourth-order valence-corrected chi connectivity index (χ4v) is 2.99. The molecule has 0 amide bonds. The Balaban J connectivity index is 1.49. The molecule has 168 valence electrons. The normalized spacial score (nSPS) is 11.2. The molecule has 9 nitrogen and oxygen atoms in total. The smallest absolute Gasteiger partial charge is 0.394 e. The minimum Gasteiger partial charge on any atom is -0.479 e. The second-order valence-corrected chi connectivity index (χ2v) is 7.09. The first-order valence-corrected chi connectivity index (χ1v) is 9.82. The topological polar surface area (TPSA) is 112 Å². The van der Waals surface area contributed by atoms with Gasteiger partial charge in [0.15, 0.2) is 6.61 Å². The van der Waals surface area contributed by atoms with Gasteiger partial charge in [-0.05, 0) is 48.9 Å². The molecule has 33 heavy (non-hydrogen) atoms. The number of benzene rings is 2. The van der Waals surface area contributed by atoms with Gasteiger partial charge >= 0.3 is 6.11 Å². The van der Waals surface area contributed by atoms with Crippen molar-refractivity contribution in [2.24, 2.45) is 0 Å². The van der Waals surface area contributed by atoms with Gasteiger partial charge in [-0.2, -0.15) is 19.0 Å². The van der Waals surface area contributed by atoms with Gasteiger partial charge in [-0.1, -0.05) is 17.3 Å². The molecule has 4 rings (SSSR count). The summed E-state index contributed by atoms with van der Waals surface area (Å²) in [6.45, 7) is 2.86. The van der Waals surface area contributed by atoms with Crippen LogP contribution < -0.4 is 9.47 Å². The summed E-state index contributed by atoms with van der Waals surface area (Å²) < 4.78 is 42.8. The molecule has 4 aromatic rings. The van der Waals surface area contributed by atoms with Crippen molar-refractivity contribution in [3.8, 4) is 40.7 Å². The zero-order chi connectivity index (χ0) is 23.4. The fourth-order valence-electron chi connectivity index (χ4n) is 2.99. The Morgan fingerprint density at radius 3 is 2.61 bits per heavy atom. The number of aryl methyl sites for hydroxylation is 1. The van der Waals surface area contributed by atoms with Crippen molar-refractivity contribution in [1.29, 1.82) is 5.26 Å². The molecule has 0 N–H and O–H groups in total. The molecule has 0 fully saturated rings. The number of nitriles is 1. The van der Waals surface area contributed by atoms with E-state index in [-0.39, 0.29) is 29.9 Å². The van der Waals surface area contributed by atoms with E-state index in [1.54, 1.807) is 29.8 Å². The average Bonchev–Trinajstić information content (AvgIpc) is 3.39. The summed E-state index contributed by atoms with van der Waals surface area (Å²) >= 11 is 0. The van der Waals surface area contributed by atoms with Crippen molar-refractivity contribution >= 4 is 0 Å². The van der Waals surface area contributed by atoms with Crippen LogP contribution in [-0.4, -0.2) is 37.6 Å². The SMILES string of the molecule is Cc1nc(-c2nc(-c3ccc(OC(C)(F)F)cc3)no2)nn1Cc1cccc(OCC#N)c1. The Hall–Kier alpha value is -4.33. The lowest BCUT2D eigenvalue weighted by atomic mass is 10.2. The molecule has 11 heteroatoms.